The molecule has 140 valence electrons. The molecular weight excluding hydrogens is 370 g/mol. The van der Waals surface area contributed by atoms with Crippen LogP contribution in [0, 0.1) is 6.92 Å². The van der Waals surface area contributed by atoms with Crippen LogP contribution in [0.5, 0.6) is 0 Å². The summed E-state index contributed by atoms with van der Waals surface area (Å²) in [5, 5.41) is 7.94. The van der Waals surface area contributed by atoms with Gasteiger partial charge in [-0.3, -0.25) is 14.5 Å². The van der Waals surface area contributed by atoms with Gasteiger partial charge in [-0.15, -0.1) is 11.3 Å². The number of thiazole rings is 1. The molecule has 0 saturated carbocycles. The normalized spacial score (nSPS) is 10.8. The Kier molecular flexibility index (Phi) is 5.25. The quantitative estimate of drug-likeness (QED) is 0.546. The lowest BCUT2D eigenvalue weighted by Crippen LogP contribution is -2.22. The van der Waals surface area contributed by atoms with Crippen LogP contribution in [0.4, 0.5) is 0 Å². The Morgan fingerprint density at radius 1 is 1.07 bits per heavy atom. The van der Waals surface area contributed by atoms with Gasteiger partial charge in [0.05, 0.1) is 17.9 Å². The van der Waals surface area contributed by atoms with Crippen molar-refractivity contribution in [2.75, 3.05) is 0 Å². The summed E-state index contributed by atoms with van der Waals surface area (Å²) < 4.78 is 1.88. The van der Waals surface area contributed by atoms with Crippen LogP contribution >= 0.6 is 11.3 Å². The zero-order chi connectivity index (χ0) is 19.3. The van der Waals surface area contributed by atoms with Gasteiger partial charge >= 0.3 is 0 Å². The van der Waals surface area contributed by atoms with E-state index in [0.29, 0.717) is 11.4 Å². The summed E-state index contributed by atoms with van der Waals surface area (Å²) in [7, 11) is 0. The SMILES string of the molecule is Cc1nc(-c2ccccn2)sc1C(=O)NCc1ccc(Cn2cccn2)cc1. The van der Waals surface area contributed by atoms with Crippen molar-refractivity contribution in [2.24, 2.45) is 0 Å². The molecular formula is C21H19N5OS. The van der Waals surface area contributed by atoms with Gasteiger partial charge in [0, 0.05) is 25.1 Å². The number of nitrogens with zero attached hydrogens (tertiary/aromatic N) is 4. The van der Waals surface area contributed by atoms with E-state index in [9.17, 15) is 4.79 Å². The highest BCUT2D eigenvalue weighted by Crippen LogP contribution is 2.26. The Balaban J connectivity index is 1.38. The number of hydrogen-bond acceptors (Lipinski definition) is 5. The highest BCUT2D eigenvalue weighted by atomic mass is 32.1. The molecule has 0 spiro atoms. The van der Waals surface area contributed by atoms with E-state index in [1.54, 1.807) is 12.4 Å². The summed E-state index contributed by atoms with van der Waals surface area (Å²) in [6, 6.07) is 15.7. The zero-order valence-corrected chi connectivity index (χ0v) is 16.2. The van der Waals surface area contributed by atoms with Gasteiger partial charge < -0.3 is 5.32 Å². The van der Waals surface area contributed by atoms with E-state index in [-0.39, 0.29) is 5.91 Å². The number of hydrogen-bond donors (Lipinski definition) is 1. The van der Waals surface area contributed by atoms with E-state index < -0.39 is 0 Å². The maximum Gasteiger partial charge on any atom is 0.263 e. The largest absolute Gasteiger partial charge is 0.347 e. The molecule has 0 bridgehead atoms. The zero-order valence-electron chi connectivity index (χ0n) is 15.4. The molecule has 28 heavy (non-hydrogen) atoms. The first-order valence-corrected chi connectivity index (χ1v) is 9.73. The molecule has 0 atom stereocenters. The lowest BCUT2D eigenvalue weighted by Gasteiger charge is -2.06. The highest BCUT2D eigenvalue weighted by Gasteiger charge is 2.16. The lowest BCUT2D eigenvalue weighted by atomic mass is 10.1. The van der Waals surface area contributed by atoms with Gasteiger partial charge in [0.15, 0.2) is 0 Å². The minimum atomic E-state index is -0.113. The van der Waals surface area contributed by atoms with Crippen molar-refractivity contribution in [2.45, 2.75) is 20.0 Å². The number of benzene rings is 1. The summed E-state index contributed by atoms with van der Waals surface area (Å²) in [6.45, 7) is 3.05. The fraction of sp³-hybridized carbons (Fsp3) is 0.143. The van der Waals surface area contributed by atoms with Gasteiger partial charge in [0.2, 0.25) is 0 Å². The number of rotatable bonds is 6. The van der Waals surface area contributed by atoms with Crippen molar-refractivity contribution >= 4 is 17.2 Å². The second-order valence-electron chi connectivity index (χ2n) is 6.35. The monoisotopic (exact) mass is 389 g/mol. The number of carbonyl (C=O) groups excluding carboxylic acids is 1. The summed E-state index contributed by atoms with van der Waals surface area (Å²) in [5.41, 5.74) is 3.71. The molecule has 1 amide bonds. The van der Waals surface area contributed by atoms with Gasteiger partial charge in [0.1, 0.15) is 9.88 Å². The number of aromatic nitrogens is 4. The van der Waals surface area contributed by atoms with Crippen LogP contribution in [0.15, 0.2) is 67.1 Å². The van der Waals surface area contributed by atoms with Crippen molar-refractivity contribution in [3.8, 4) is 10.7 Å². The smallest absolute Gasteiger partial charge is 0.263 e. The summed E-state index contributed by atoms with van der Waals surface area (Å²) in [5.74, 6) is -0.113. The summed E-state index contributed by atoms with van der Waals surface area (Å²) in [6.07, 6.45) is 5.43. The average Bonchev–Trinajstić information content (AvgIpc) is 3.37. The molecule has 1 aromatic carbocycles. The van der Waals surface area contributed by atoms with Crippen LogP contribution in [0.1, 0.15) is 26.5 Å². The van der Waals surface area contributed by atoms with E-state index in [1.165, 1.54) is 11.3 Å². The van der Waals surface area contributed by atoms with E-state index in [0.717, 1.165) is 34.1 Å². The van der Waals surface area contributed by atoms with Crippen LogP contribution in [0.25, 0.3) is 10.7 Å². The van der Waals surface area contributed by atoms with Gasteiger partial charge in [-0.05, 0) is 36.2 Å². The molecule has 0 aliphatic carbocycles. The number of amides is 1. The van der Waals surface area contributed by atoms with Gasteiger partial charge in [-0.2, -0.15) is 5.10 Å². The van der Waals surface area contributed by atoms with Gasteiger partial charge in [0.25, 0.3) is 5.91 Å². The minimum absolute atomic E-state index is 0.113. The summed E-state index contributed by atoms with van der Waals surface area (Å²) >= 11 is 1.37. The van der Waals surface area contributed by atoms with Crippen molar-refractivity contribution < 1.29 is 4.79 Å². The molecule has 3 heterocycles. The predicted octanol–water partition coefficient (Wildman–Crippen LogP) is 3.69. The molecule has 4 aromatic rings. The van der Waals surface area contributed by atoms with Gasteiger partial charge in [-0.25, -0.2) is 4.98 Å². The molecule has 0 aliphatic heterocycles. The number of nitrogens with one attached hydrogen (secondary N) is 1. The Labute approximate surface area is 166 Å². The van der Waals surface area contributed by atoms with E-state index in [4.69, 9.17) is 0 Å². The molecule has 0 aliphatic rings. The molecule has 0 radical (unpaired) electrons. The topological polar surface area (TPSA) is 72.7 Å². The third-order valence-corrected chi connectivity index (χ3v) is 5.45. The molecule has 0 saturated heterocycles. The maximum atomic E-state index is 12.6. The van der Waals surface area contributed by atoms with E-state index >= 15 is 0 Å². The van der Waals surface area contributed by atoms with Gasteiger partial charge in [-0.1, -0.05) is 30.3 Å². The number of aryl methyl sites for hydroxylation is 1. The molecule has 0 unspecified atom stereocenters. The Morgan fingerprint density at radius 2 is 1.89 bits per heavy atom. The van der Waals surface area contributed by atoms with Crippen molar-refractivity contribution in [1.29, 1.82) is 0 Å². The van der Waals surface area contributed by atoms with Crippen LogP contribution in [0.2, 0.25) is 0 Å². The molecule has 6 nitrogen and oxygen atoms in total. The number of carbonyl (C=O) groups is 1. The van der Waals surface area contributed by atoms with Crippen LogP contribution in [-0.2, 0) is 13.1 Å². The number of pyridine rings is 1. The predicted molar refractivity (Wildman–Crippen MR) is 109 cm³/mol. The Bertz CT molecular complexity index is 1060. The molecule has 4 rings (SSSR count). The lowest BCUT2D eigenvalue weighted by molar-refractivity contribution is 0.0954. The van der Waals surface area contributed by atoms with Crippen LogP contribution in [-0.4, -0.2) is 25.7 Å². The van der Waals surface area contributed by atoms with Crippen LogP contribution in [0.3, 0.4) is 0 Å². The fourth-order valence-corrected chi connectivity index (χ4v) is 3.77. The molecule has 0 fully saturated rings. The second kappa shape index (κ2) is 8.14. The first-order chi connectivity index (χ1) is 13.7. The standard InChI is InChI=1S/C21H19N5OS/c1-15-19(28-21(25-15)18-5-2-3-10-22-18)20(27)23-13-16-6-8-17(9-7-16)14-26-12-4-11-24-26/h2-12H,13-14H2,1H3,(H,23,27). The van der Waals surface area contributed by atoms with Crippen LogP contribution < -0.4 is 5.32 Å². The second-order valence-corrected chi connectivity index (χ2v) is 7.35. The first kappa shape index (κ1) is 18.1. The van der Waals surface area contributed by atoms with Crippen molar-refractivity contribution in [3.05, 3.63) is 88.8 Å². The van der Waals surface area contributed by atoms with E-state index in [2.05, 4.69) is 32.5 Å². The maximum absolute atomic E-state index is 12.6. The van der Waals surface area contributed by atoms with Crippen molar-refractivity contribution in [1.82, 2.24) is 25.1 Å². The van der Waals surface area contributed by atoms with Crippen molar-refractivity contribution in [3.63, 3.8) is 0 Å². The average molecular weight is 389 g/mol. The van der Waals surface area contributed by atoms with E-state index in [1.807, 2.05) is 54.2 Å². The molecule has 7 heteroatoms. The highest BCUT2D eigenvalue weighted by molar-refractivity contribution is 7.17. The first-order valence-electron chi connectivity index (χ1n) is 8.91. The Morgan fingerprint density at radius 3 is 2.61 bits per heavy atom. The third-order valence-electron chi connectivity index (χ3n) is 4.27. The molecule has 3 aromatic heterocycles. The summed E-state index contributed by atoms with van der Waals surface area (Å²) in [4.78, 5) is 22.0. The minimum Gasteiger partial charge on any atom is -0.347 e. The third kappa shape index (κ3) is 4.15. The fourth-order valence-electron chi connectivity index (χ4n) is 2.81. The molecule has 1 N–H and O–H groups in total. The Hall–Kier alpha value is -3.32.